The molecule has 1 heterocycles. The Labute approximate surface area is 150 Å². The lowest BCUT2D eigenvalue weighted by Crippen LogP contribution is -2.14. The van der Waals surface area contributed by atoms with Crippen molar-refractivity contribution in [1.29, 1.82) is 0 Å². The Morgan fingerprint density at radius 3 is 2.72 bits per heavy atom. The van der Waals surface area contributed by atoms with Crippen LogP contribution in [0.1, 0.15) is 16.1 Å². The molecule has 0 aliphatic rings. The van der Waals surface area contributed by atoms with Gasteiger partial charge in [-0.25, -0.2) is 0 Å². The largest absolute Gasteiger partial charge is 0.487 e. The van der Waals surface area contributed by atoms with E-state index in [0.717, 1.165) is 10.9 Å². The number of aryl methyl sites for hydroxylation is 1. The number of carbonyl (C=O) groups is 1. The Balaban J connectivity index is 1.87. The molecule has 0 saturated carbocycles. The summed E-state index contributed by atoms with van der Waals surface area (Å²) >= 11 is 6.19. The summed E-state index contributed by atoms with van der Waals surface area (Å²) in [6.45, 7) is 2.60. The summed E-state index contributed by atoms with van der Waals surface area (Å²) in [5, 5.41) is 4.14. The number of methoxy groups -OCH3 is 1. The van der Waals surface area contributed by atoms with Gasteiger partial charge >= 0.3 is 0 Å². The zero-order valence-corrected chi connectivity index (χ0v) is 14.7. The van der Waals surface area contributed by atoms with Gasteiger partial charge in [0.1, 0.15) is 12.2 Å². The summed E-state index contributed by atoms with van der Waals surface area (Å²) in [6, 6.07) is 12.7. The van der Waals surface area contributed by atoms with Gasteiger partial charge < -0.3 is 19.2 Å². The topological polar surface area (TPSA) is 60.7 Å². The Bertz CT molecular complexity index is 904. The number of ether oxygens (including phenoxy) is 2. The van der Waals surface area contributed by atoms with Crippen LogP contribution in [0.2, 0.25) is 5.02 Å². The molecule has 0 saturated heterocycles. The van der Waals surface area contributed by atoms with Gasteiger partial charge in [-0.1, -0.05) is 35.9 Å². The van der Waals surface area contributed by atoms with Gasteiger partial charge in [-0.15, -0.1) is 0 Å². The van der Waals surface area contributed by atoms with Gasteiger partial charge in [0, 0.05) is 18.1 Å². The number of hydrogen-bond acceptors (Lipinski definition) is 4. The maximum absolute atomic E-state index is 12.7. The summed E-state index contributed by atoms with van der Waals surface area (Å²) in [6.07, 6.45) is 0. The van der Waals surface area contributed by atoms with Crippen molar-refractivity contribution in [1.82, 2.24) is 0 Å². The van der Waals surface area contributed by atoms with E-state index in [2.05, 4.69) is 5.32 Å². The highest BCUT2D eigenvalue weighted by Crippen LogP contribution is 2.34. The third kappa shape index (κ3) is 3.62. The Kier molecular flexibility index (Phi) is 5.26. The second kappa shape index (κ2) is 7.59. The van der Waals surface area contributed by atoms with Crippen molar-refractivity contribution in [3.8, 4) is 5.75 Å². The fourth-order valence-corrected chi connectivity index (χ4v) is 2.78. The van der Waals surface area contributed by atoms with Gasteiger partial charge in [0.15, 0.2) is 11.5 Å². The number of furan rings is 1. The summed E-state index contributed by atoms with van der Waals surface area (Å²) in [5.41, 5.74) is 1.94. The Morgan fingerprint density at radius 1 is 1.16 bits per heavy atom. The van der Waals surface area contributed by atoms with Gasteiger partial charge in [-0.05, 0) is 25.1 Å². The number of para-hydroxylation sites is 2. The number of halogens is 1. The molecule has 0 unspecified atom stereocenters. The van der Waals surface area contributed by atoms with Crippen LogP contribution in [0.25, 0.3) is 11.0 Å². The van der Waals surface area contributed by atoms with E-state index >= 15 is 0 Å². The average Bonchev–Trinajstić information content (AvgIpc) is 2.95. The van der Waals surface area contributed by atoms with E-state index < -0.39 is 0 Å². The van der Waals surface area contributed by atoms with E-state index in [1.165, 1.54) is 0 Å². The predicted octanol–water partition coefficient (Wildman–Crippen LogP) is 4.67. The summed E-state index contributed by atoms with van der Waals surface area (Å²) in [7, 11) is 1.59. The SMILES string of the molecule is COCCOc1c(Cl)cccc1NC(=O)c1oc2ccccc2c1C. The molecule has 1 aromatic heterocycles. The summed E-state index contributed by atoms with van der Waals surface area (Å²) < 4.78 is 16.3. The first-order chi connectivity index (χ1) is 12.1. The van der Waals surface area contributed by atoms with Crippen LogP contribution >= 0.6 is 11.6 Å². The number of amides is 1. The third-order valence-corrected chi connectivity index (χ3v) is 4.10. The average molecular weight is 360 g/mol. The number of rotatable bonds is 6. The van der Waals surface area contributed by atoms with Crippen molar-refractivity contribution >= 4 is 34.2 Å². The van der Waals surface area contributed by atoms with Crippen molar-refractivity contribution < 1.29 is 18.7 Å². The molecule has 0 aliphatic heterocycles. The molecule has 0 bridgehead atoms. The number of nitrogens with one attached hydrogen (secondary N) is 1. The third-order valence-electron chi connectivity index (χ3n) is 3.80. The second-order valence-electron chi connectivity index (χ2n) is 5.46. The van der Waals surface area contributed by atoms with Gasteiger partial charge in [0.2, 0.25) is 0 Å². The van der Waals surface area contributed by atoms with Gasteiger partial charge in [0.05, 0.1) is 17.3 Å². The summed E-state index contributed by atoms with van der Waals surface area (Å²) in [5.74, 6) is 0.319. The van der Waals surface area contributed by atoms with Gasteiger partial charge in [-0.2, -0.15) is 0 Å². The highest BCUT2D eigenvalue weighted by molar-refractivity contribution is 6.32. The van der Waals surface area contributed by atoms with Crippen LogP contribution < -0.4 is 10.1 Å². The fraction of sp³-hybridized carbons (Fsp3) is 0.211. The van der Waals surface area contributed by atoms with Gasteiger partial charge in [-0.3, -0.25) is 4.79 Å². The van der Waals surface area contributed by atoms with Crippen molar-refractivity contribution in [3.63, 3.8) is 0 Å². The monoisotopic (exact) mass is 359 g/mol. The molecule has 3 rings (SSSR count). The van der Waals surface area contributed by atoms with Crippen LogP contribution in [0.5, 0.6) is 5.75 Å². The highest BCUT2D eigenvalue weighted by atomic mass is 35.5. The van der Waals surface area contributed by atoms with Crippen LogP contribution in [0.15, 0.2) is 46.9 Å². The molecule has 0 spiro atoms. The lowest BCUT2D eigenvalue weighted by atomic mass is 10.1. The first-order valence-corrected chi connectivity index (χ1v) is 8.19. The molecule has 6 heteroatoms. The zero-order chi connectivity index (χ0) is 17.8. The first-order valence-electron chi connectivity index (χ1n) is 7.81. The van der Waals surface area contributed by atoms with E-state index in [1.54, 1.807) is 25.3 Å². The molecule has 2 aromatic carbocycles. The molecule has 25 heavy (non-hydrogen) atoms. The molecule has 0 aliphatic carbocycles. The first kappa shape index (κ1) is 17.3. The molecule has 0 atom stereocenters. The van der Waals surface area contributed by atoms with E-state index in [0.29, 0.717) is 35.3 Å². The zero-order valence-electron chi connectivity index (χ0n) is 14.0. The van der Waals surface area contributed by atoms with E-state index in [4.69, 9.17) is 25.5 Å². The quantitative estimate of drug-likeness (QED) is 0.649. The van der Waals surface area contributed by atoms with Crippen molar-refractivity contribution in [2.45, 2.75) is 6.92 Å². The maximum atomic E-state index is 12.7. The standard InChI is InChI=1S/C19H18ClNO4/c1-12-13-6-3-4-9-16(13)25-17(12)19(22)21-15-8-5-7-14(20)18(15)24-11-10-23-2/h3-9H,10-11H2,1-2H3,(H,21,22). The van der Waals surface area contributed by atoms with Crippen molar-refractivity contribution in [2.24, 2.45) is 0 Å². The van der Waals surface area contributed by atoms with Crippen molar-refractivity contribution in [2.75, 3.05) is 25.6 Å². The normalized spacial score (nSPS) is 10.8. The molecule has 0 fully saturated rings. The van der Waals surface area contributed by atoms with E-state index in [-0.39, 0.29) is 11.7 Å². The number of benzene rings is 2. The predicted molar refractivity (Wildman–Crippen MR) is 97.7 cm³/mol. The molecular weight excluding hydrogens is 342 g/mol. The Hall–Kier alpha value is -2.50. The minimum Gasteiger partial charge on any atom is -0.487 e. The molecule has 130 valence electrons. The minimum atomic E-state index is -0.354. The molecule has 0 radical (unpaired) electrons. The van der Waals surface area contributed by atoms with Crippen LogP contribution in [-0.2, 0) is 4.74 Å². The molecule has 1 N–H and O–H groups in total. The lowest BCUT2D eigenvalue weighted by molar-refractivity contribution is 0.0997. The molecule has 3 aromatic rings. The fourth-order valence-electron chi connectivity index (χ4n) is 2.55. The lowest BCUT2D eigenvalue weighted by Gasteiger charge is -2.13. The van der Waals surface area contributed by atoms with E-state index in [9.17, 15) is 4.79 Å². The second-order valence-corrected chi connectivity index (χ2v) is 5.87. The summed E-state index contributed by atoms with van der Waals surface area (Å²) in [4.78, 5) is 12.7. The maximum Gasteiger partial charge on any atom is 0.291 e. The van der Waals surface area contributed by atoms with Gasteiger partial charge in [0.25, 0.3) is 5.91 Å². The molecule has 5 nitrogen and oxygen atoms in total. The Morgan fingerprint density at radius 2 is 1.96 bits per heavy atom. The number of fused-ring (bicyclic) bond motifs is 1. The van der Waals surface area contributed by atoms with Crippen LogP contribution in [0, 0.1) is 6.92 Å². The van der Waals surface area contributed by atoms with Crippen molar-refractivity contribution in [3.05, 3.63) is 58.8 Å². The number of hydrogen-bond donors (Lipinski definition) is 1. The minimum absolute atomic E-state index is 0.268. The molecule has 1 amide bonds. The van der Waals surface area contributed by atoms with E-state index in [1.807, 2.05) is 31.2 Å². The smallest absolute Gasteiger partial charge is 0.291 e. The molecular formula is C19H18ClNO4. The highest BCUT2D eigenvalue weighted by Gasteiger charge is 2.19. The number of carbonyl (C=O) groups excluding carboxylic acids is 1. The van der Waals surface area contributed by atoms with Crippen LogP contribution in [0.4, 0.5) is 5.69 Å². The van der Waals surface area contributed by atoms with Crippen LogP contribution in [0.3, 0.4) is 0 Å². The number of anilines is 1. The van der Waals surface area contributed by atoms with Crippen LogP contribution in [-0.4, -0.2) is 26.2 Å².